The smallest absolute Gasteiger partial charge is 0.257 e. The van der Waals surface area contributed by atoms with Crippen LogP contribution in [0.15, 0.2) is 24.3 Å². The highest BCUT2D eigenvalue weighted by Crippen LogP contribution is 2.64. The van der Waals surface area contributed by atoms with Crippen LogP contribution < -0.4 is 0 Å². The highest BCUT2D eigenvalue weighted by Gasteiger charge is 2.59. The monoisotopic (exact) mass is 417 g/mol. The van der Waals surface area contributed by atoms with Gasteiger partial charge >= 0.3 is 0 Å². The van der Waals surface area contributed by atoms with Crippen LogP contribution >= 0.6 is 0 Å². The van der Waals surface area contributed by atoms with E-state index in [4.69, 9.17) is 4.98 Å². The Bertz CT molecular complexity index is 1100. The zero-order chi connectivity index (χ0) is 21.5. The van der Waals surface area contributed by atoms with Crippen molar-refractivity contribution in [3.8, 4) is 0 Å². The Kier molecular flexibility index (Phi) is 4.08. The second-order valence-electron chi connectivity index (χ2n) is 11.5. The van der Waals surface area contributed by atoms with Crippen LogP contribution in [-0.4, -0.2) is 33.9 Å². The van der Waals surface area contributed by atoms with E-state index < -0.39 is 0 Å². The van der Waals surface area contributed by atoms with Gasteiger partial charge in [-0.05, 0) is 86.3 Å². The Morgan fingerprint density at radius 2 is 1.94 bits per heavy atom. The Morgan fingerprint density at radius 1 is 1.10 bits per heavy atom. The number of rotatable bonds is 1. The van der Waals surface area contributed by atoms with E-state index in [1.807, 2.05) is 18.0 Å². The molecule has 1 aromatic carbocycles. The Labute approximate surface area is 185 Å². The third kappa shape index (κ3) is 2.66. The van der Waals surface area contributed by atoms with E-state index in [0.29, 0.717) is 17.4 Å². The molecule has 164 valence electrons. The van der Waals surface area contributed by atoms with Gasteiger partial charge in [0.05, 0.1) is 16.6 Å². The van der Waals surface area contributed by atoms with Gasteiger partial charge in [0.15, 0.2) is 0 Å². The quantitative estimate of drug-likeness (QED) is 0.644. The van der Waals surface area contributed by atoms with Crippen LogP contribution in [-0.2, 0) is 4.79 Å². The topological polar surface area (TPSA) is 49.0 Å². The molecule has 0 spiro atoms. The van der Waals surface area contributed by atoms with Crippen LogP contribution in [0.2, 0.25) is 0 Å². The third-order valence-electron chi connectivity index (χ3n) is 9.87. The van der Waals surface area contributed by atoms with Crippen molar-refractivity contribution in [1.29, 1.82) is 0 Å². The molecule has 1 aromatic heterocycles. The van der Waals surface area contributed by atoms with Crippen molar-refractivity contribution in [3.05, 3.63) is 35.7 Å². The van der Waals surface area contributed by atoms with Gasteiger partial charge in [-0.3, -0.25) is 4.79 Å². The van der Waals surface area contributed by atoms with Crippen molar-refractivity contribution in [3.63, 3.8) is 0 Å². The van der Waals surface area contributed by atoms with Gasteiger partial charge in [0.2, 0.25) is 0 Å². The average Bonchev–Trinajstić information content (AvgIpc) is 3.33. The molecule has 4 heteroatoms. The molecule has 0 saturated heterocycles. The Balaban J connectivity index is 1.44. The number of carbonyl (C=O) groups excluding carboxylic acids is 1. The lowest BCUT2D eigenvalue weighted by atomic mass is 9.48. The van der Waals surface area contributed by atoms with E-state index in [1.54, 1.807) is 0 Å². The molecule has 0 unspecified atom stereocenters. The van der Waals surface area contributed by atoms with E-state index in [9.17, 15) is 4.79 Å². The fourth-order valence-corrected chi connectivity index (χ4v) is 8.30. The van der Waals surface area contributed by atoms with Crippen molar-refractivity contribution in [2.45, 2.75) is 71.8 Å². The number of hydrogen-bond acceptors (Lipinski definition) is 2. The summed E-state index contributed by atoms with van der Waals surface area (Å²) >= 11 is 0. The van der Waals surface area contributed by atoms with E-state index in [0.717, 1.165) is 40.7 Å². The van der Waals surface area contributed by atoms with Crippen molar-refractivity contribution in [1.82, 2.24) is 14.9 Å². The summed E-state index contributed by atoms with van der Waals surface area (Å²) in [7, 11) is 2.02. The normalized spacial score (nSPS) is 39.8. The van der Waals surface area contributed by atoms with Crippen molar-refractivity contribution in [2.24, 2.45) is 28.6 Å². The van der Waals surface area contributed by atoms with Crippen LogP contribution in [0, 0.1) is 35.5 Å². The summed E-state index contributed by atoms with van der Waals surface area (Å²) in [5, 5.41) is 0. The Hall–Kier alpha value is -2.10. The number of carbonyl (C=O) groups is 1. The molecule has 3 saturated carbocycles. The summed E-state index contributed by atoms with van der Waals surface area (Å²) in [5.74, 6) is 3.21. The SMILES string of the molecule is Cc1ccc2nc(C3=C[C@]4(C)[C@H]5CC[C@]6(C)CCC[C@H]6[C@@H]5CC[C@H]4N(C)C3=O)[nH]c2c1. The molecular weight excluding hydrogens is 382 g/mol. The van der Waals surface area contributed by atoms with Gasteiger partial charge in [0, 0.05) is 18.5 Å². The van der Waals surface area contributed by atoms with E-state index >= 15 is 0 Å². The number of likely N-dealkylation sites (N-methyl/N-ethyl adjacent to an activating group) is 1. The standard InChI is InChI=1S/C27H35N3O/c1-16-7-9-21-22(14-16)29-24(28-21)18-15-27(3)20-11-13-26(2)12-5-6-19(26)17(20)8-10-23(27)30(4)25(18)31/h7,9,14-15,17,19-20,23H,5-6,8,10-13H2,1-4H3,(H,28,29)/t17-,19-,20-,23+,26-,27+/m0/s1. The fraction of sp³-hybridized carbons (Fsp3) is 0.630. The number of nitrogens with one attached hydrogen (secondary N) is 1. The maximum absolute atomic E-state index is 13.5. The van der Waals surface area contributed by atoms with E-state index in [-0.39, 0.29) is 11.3 Å². The first-order chi connectivity index (χ1) is 14.8. The van der Waals surface area contributed by atoms with Gasteiger partial charge < -0.3 is 9.88 Å². The van der Waals surface area contributed by atoms with Gasteiger partial charge in [-0.15, -0.1) is 0 Å². The highest BCUT2D eigenvalue weighted by molar-refractivity contribution is 6.19. The molecule has 2 aromatic rings. The first kappa shape index (κ1) is 19.6. The zero-order valence-electron chi connectivity index (χ0n) is 19.4. The summed E-state index contributed by atoms with van der Waals surface area (Å²) in [6.45, 7) is 7.09. The van der Waals surface area contributed by atoms with E-state index in [2.05, 4.69) is 44.0 Å². The number of aromatic nitrogens is 2. The van der Waals surface area contributed by atoms with Gasteiger partial charge in [-0.1, -0.05) is 32.4 Å². The highest BCUT2D eigenvalue weighted by atomic mass is 16.2. The number of hydrogen-bond donors (Lipinski definition) is 1. The number of benzene rings is 1. The molecule has 6 rings (SSSR count). The number of imidazole rings is 1. The van der Waals surface area contributed by atoms with Gasteiger partial charge in [0.1, 0.15) is 5.82 Å². The Morgan fingerprint density at radius 3 is 2.77 bits per heavy atom. The lowest BCUT2D eigenvalue weighted by Gasteiger charge is -2.60. The number of aromatic amines is 1. The van der Waals surface area contributed by atoms with Gasteiger partial charge in [-0.2, -0.15) is 0 Å². The van der Waals surface area contributed by atoms with Gasteiger partial charge in [-0.25, -0.2) is 4.98 Å². The second-order valence-corrected chi connectivity index (χ2v) is 11.5. The number of nitrogens with zero attached hydrogens (tertiary/aromatic N) is 2. The number of aryl methyl sites for hydroxylation is 1. The van der Waals surface area contributed by atoms with Crippen LogP contribution in [0.1, 0.15) is 70.2 Å². The molecule has 1 aliphatic heterocycles. The molecule has 6 atom stereocenters. The predicted molar refractivity (Wildman–Crippen MR) is 124 cm³/mol. The zero-order valence-corrected chi connectivity index (χ0v) is 19.4. The summed E-state index contributed by atoms with van der Waals surface area (Å²) < 4.78 is 0. The molecule has 1 amide bonds. The number of H-pyrrole nitrogens is 1. The maximum Gasteiger partial charge on any atom is 0.257 e. The molecule has 3 fully saturated rings. The predicted octanol–water partition coefficient (Wildman–Crippen LogP) is 5.73. The minimum absolute atomic E-state index is 0.0275. The molecule has 2 heterocycles. The lowest BCUT2D eigenvalue weighted by Crippen LogP contribution is -2.60. The molecule has 0 bridgehead atoms. The molecule has 4 nitrogen and oxygen atoms in total. The summed E-state index contributed by atoms with van der Waals surface area (Å²) in [6.07, 6.45) is 11.7. The van der Waals surface area contributed by atoms with Crippen molar-refractivity contribution < 1.29 is 4.79 Å². The average molecular weight is 418 g/mol. The van der Waals surface area contributed by atoms with Crippen LogP contribution in [0.3, 0.4) is 0 Å². The van der Waals surface area contributed by atoms with Crippen molar-refractivity contribution in [2.75, 3.05) is 7.05 Å². The summed E-state index contributed by atoms with van der Waals surface area (Å²) in [4.78, 5) is 23.8. The summed E-state index contributed by atoms with van der Waals surface area (Å²) in [6, 6.07) is 6.56. The van der Waals surface area contributed by atoms with Crippen LogP contribution in [0.4, 0.5) is 0 Å². The third-order valence-corrected chi connectivity index (χ3v) is 9.87. The number of amides is 1. The fourth-order valence-electron chi connectivity index (χ4n) is 8.30. The first-order valence-corrected chi connectivity index (χ1v) is 12.3. The summed E-state index contributed by atoms with van der Waals surface area (Å²) in [5.41, 5.74) is 4.51. The first-order valence-electron chi connectivity index (χ1n) is 12.3. The molecule has 1 N–H and O–H groups in total. The van der Waals surface area contributed by atoms with Crippen LogP contribution in [0.5, 0.6) is 0 Å². The van der Waals surface area contributed by atoms with E-state index in [1.165, 1.54) is 44.1 Å². The second kappa shape index (κ2) is 6.46. The molecule has 0 radical (unpaired) electrons. The molecular formula is C27H35N3O. The maximum atomic E-state index is 13.5. The van der Waals surface area contributed by atoms with Crippen LogP contribution in [0.25, 0.3) is 16.6 Å². The molecule has 31 heavy (non-hydrogen) atoms. The number of fused-ring (bicyclic) bond motifs is 6. The van der Waals surface area contributed by atoms with Gasteiger partial charge in [0.25, 0.3) is 5.91 Å². The minimum Gasteiger partial charge on any atom is -0.338 e. The molecule has 4 aliphatic rings. The minimum atomic E-state index is 0.0275. The molecule has 3 aliphatic carbocycles. The largest absolute Gasteiger partial charge is 0.338 e. The van der Waals surface area contributed by atoms with Crippen molar-refractivity contribution >= 4 is 22.5 Å². The lowest BCUT2D eigenvalue weighted by molar-refractivity contribution is -0.136.